The molecule has 0 spiro atoms. The molecule has 1 amide bonds. The van der Waals surface area contributed by atoms with E-state index in [1.165, 1.54) is 0 Å². The first kappa shape index (κ1) is 18.8. The minimum absolute atomic E-state index is 0.171. The third-order valence-corrected chi connectivity index (χ3v) is 2.78. The fourth-order valence-corrected chi connectivity index (χ4v) is 1.51. The zero-order chi connectivity index (χ0) is 17.9. The van der Waals surface area contributed by atoms with Crippen LogP contribution in [-0.4, -0.2) is 24.0 Å². The first-order valence-electron chi connectivity index (χ1n) is 5.89. The lowest BCUT2D eigenvalue weighted by Gasteiger charge is -2.34. The second-order valence-corrected chi connectivity index (χ2v) is 4.34. The van der Waals surface area contributed by atoms with Crippen LogP contribution in [0.2, 0.25) is 0 Å². The SMILES string of the molecule is C=CC(NC(=O)OCc1ccc(F)cc1)(C(F)(F)F)C(F)(F)F. The molecule has 1 aromatic rings. The van der Waals surface area contributed by atoms with Crippen LogP contribution in [-0.2, 0) is 11.3 Å². The molecule has 1 rings (SSSR count). The van der Waals surface area contributed by atoms with Gasteiger partial charge in [-0.15, -0.1) is 6.58 Å². The van der Waals surface area contributed by atoms with Crippen molar-refractivity contribution < 1.29 is 40.3 Å². The molecule has 3 nitrogen and oxygen atoms in total. The monoisotopic (exact) mass is 345 g/mol. The van der Waals surface area contributed by atoms with E-state index in [0.29, 0.717) is 0 Å². The summed E-state index contributed by atoms with van der Waals surface area (Å²) >= 11 is 0. The summed E-state index contributed by atoms with van der Waals surface area (Å²) in [5.74, 6) is -0.613. The van der Waals surface area contributed by atoms with Gasteiger partial charge < -0.3 is 4.74 Å². The highest BCUT2D eigenvalue weighted by Crippen LogP contribution is 2.43. The lowest BCUT2D eigenvalue weighted by molar-refractivity contribution is -0.287. The van der Waals surface area contributed by atoms with Crippen LogP contribution in [0, 0.1) is 5.82 Å². The van der Waals surface area contributed by atoms with E-state index in [4.69, 9.17) is 0 Å². The summed E-state index contributed by atoms with van der Waals surface area (Å²) in [6.45, 7) is 1.85. The third-order valence-electron chi connectivity index (χ3n) is 2.78. The predicted molar refractivity (Wildman–Crippen MR) is 64.8 cm³/mol. The maximum atomic E-state index is 12.7. The number of carbonyl (C=O) groups is 1. The van der Waals surface area contributed by atoms with Gasteiger partial charge in [-0.25, -0.2) is 9.18 Å². The van der Waals surface area contributed by atoms with Crippen LogP contribution >= 0.6 is 0 Å². The Bertz CT molecular complexity index is 549. The molecule has 1 N–H and O–H groups in total. The van der Waals surface area contributed by atoms with Crippen LogP contribution in [0.1, 0.15) is 5.56 Å². The molecule has 0 aliphatic carbocycles. The highest BCUT2D eigenvalue weighted by molar-refractivity contribution is 5.69. The number of nitrogens with one attached hydrogen (secondary N) is 1. The van der Waals surface area contributed by atoms with Crippen LogP contribution in [0.15, 0.2) is 36.9 Å². The van der Waals surface area contributed by atoms with Crippen molar-refractivity contribution in [2.45, 2.75) is 24.5 Å². The van der Waals surface area contributed by atoms with Gasteiger partial charge in [-0.3, -0.25) is 5.32 Å². The van der Waals surface area contributed by atoms with E-state index in [-0.39, 0.29) is 5.56 Å². The van der Waals surface area contributed by atoms with E-state index >= 15 is 0 Å². The topological polar surface area (TPSA) is 38.3 Å². The van der Waals surface area contributed by atoms with Gasteiger partial charge in [-0.2, -0.15) is 26.3 Å². The summed E-state index contributed by atoms with van der Waals surface area (Å²) in [6.07, 6.45) is -14.2. The van der Waals surface area contributed by atoms with Crippen molar-refractivity contribution in [3.8, 4) is 0 Å². The highest BCUT2D eigenvalue weighted by Gasteiger charge is 2.70. The van der Waals surface area contributed by atoms with E-state index in [9.17, 15) is 35.5 Å². The van der Waals surface area contributed by atoms with Crippen LogP contribution in [0.25, 0.3) is 0 Å². The molecule has 0 radical (unpaired) electrons. The van der Waals surface area contributed by atoms with Gasteiger partial charge in [0.15, 0.2) is 0 Å². The Labute approximate surface area is 125 Å². The van der Waals surface area contributed by atoms with Crippen molar-refractivity contribution in [2.75, 3.05) is 0 Å². The van der Waals surface area contributed by atoms with Crippen molar-refractivity contribution in [3.05, 3.63) is 48.3 Å². The fourth-order valence-electron chi connectivity index (χ4n) is 1.51. The molecule has 10 heteroatoms. The average Bonchev–Trinajstić information content (AvgIpc) is 2.41. The number of rotatable bonds is 4. The summed E-state index contributed by atoms with van der Waals surface area (Å²) in [6, 6.07) is 4.26. The van der Waals surface area contributed by atoms with Gasteiger partial charge in [0, 0.05) is 0 Å². The van der Waals surface area contributed by atoms with Gasteiger partial charge in [0.1, 0.15) is 12.4 Å². The Balaban J connectivity index is 2.86. The quantitative estimate of drug-likeness (QED) is 0.659. The number of carbonyl (C=O) groups excluding carboxylic acids is 1. The molecule has 0 saturated carbocycles. The molecule has 0 heterocycles. The predicted octanol–water partition coefficient (Wildman–Crippen LogP) is 4.10. The molecule has 23 heavy (non-hydrogen) atoms. The summed E-state index contributed by atoms with van der Waals surface area (Å²) in [4.78, 5) is 11.3. The standard InChI is InChI=1S/C13H10F7NO2/c1-2-11(12(15,16)17,13(18,19)20)21-10(22)23-7-8-3-5-9(14)6-4-8/h2-6H,1,7H2,(H,21,22). The van der Waals surface area contributed by atoms with Gasteiger partial charge in [0.2, 0.25) is 0 Å². The molecule has 128 valence electrons. The zero-order valence-electron chi connectivity index (χ0n) is 11.3. The highest BCUT2D eigenvalue weighted by atomic mass is 19.4. The number of amides is 1. The summed E-state index contributed by atoms with van der Waals surface area (Å²) in [5, 5.41) is 0.738. The van der Waals surface area contributed by atoms with Crippen molar-refractivity contribution >= 4 is 6.09 Å². The molecule has 0 aromatic heterocycles. The molecule has 0 fully saturated rings. The van der Waals surface area contributed by atoms with E-state index < -0.39 is 42.5 Å². The first-order valence-corrected chi connectivity index (χ1v) is 5.89. The Morgan fingerprint density at radius 2 is 1.57 bits per heavy atom. The summed E-state index contributed by atoms with van der Waals surface area (Å²) in [5.41, 5.74) is -4.47. The molecular formula is C13H10F7NO2. The second kappa shape index (κ2) is 6.47. The van der Waals surface area contributed by atoms with Crippen molar-refractivity contribution in [1.82, 2.24) is 5.32 Å². The molecule has 0 aliphatic rings. The second-order valence-electron chi connectivity index (χ2n) is 4.34. The van der Waals surface area contributed by atoms with Gasteiger partial charge in [-0.05, 0) is 23.8 Å². The van der Waals surface area contributed by atoms with Crippen molar-refractivity contribution in [2.24, 2.45) is 0 Å². The maximum Gasteiger partial charge on any atom is 0.424 e. The Hall–Kier alpha value is -2.26. The van der Waals surface area contributed by atoms with Crippen LogP contribution < -0.4 is 5.32 Å². The van der Waals surface area contributed by atoms with E-state index in [2.05, 4.69) is 11.3 Å². The molecule has 0 unspecified atom stereocenters. The van der Waals surface area contributed by atoms with Gasteiger partial charge in [0.05, 0.1) is 0 Å². The third kappa shape index (κ3) is 4.14. The average molecular weight is 345 g/mol. The molecule has 1 aromatic carbocycles. The maximum absolute atomic E-state index is 12.7. The minimum atomic E-state index is -5.87. The number of halogens is 7. The first-order chi connectivity index (χ1) is 10.4. The molecule has 0 atom stereocenters. The number of benzene rings is 1. The Kier molecular flexibility index (Phi) is 5.28. The zero-order valence-corrected chi connectivity index (χ0v) is 11.3. The van der Waals surface area contributed by atoms with Crippen LogP contribution in [0.5, 0.6) is 0 Å². The largest absolute Gasteiger partial charge is 0.445 e. The smallest absolute Gasteiger partial charge is 0.424 e. The number of hydrogen-bond donors (Lipinski definition) is 1. The minimum Gasteiger partial charge on any atom is -0.445 e. The number of ether oxygens (including phenoxy) is 1. The van der Waals surface area contributed by atoms with Gasteiger partial charge >= 0.3 is 18.4 Å². The summed E-state index contributed by atoms with van der Waals surface area (Å²) < 4.78 is 93.3. The molecule has 0 saturated heterocycles. The molecule has 0 aliphatic heterocycles. The lowest BCUT2D eigenvalue weighted by atomic mass is 9.98. The van der Waals surface area contributed by atoms with Crippen molar-refractivity contribution in [3.63, 3.8) is 0 Å². The normalized spacial score (nSPS) is 12.7. The molecular weight excluding hydrogens is 335 g/mol. The number of hydrogen-bond acceptors (Lipinski definition) is 2. The lowest BCUT2D eigenvalue weighted by Crippen LogP contribution is -2.66. The number of alkyl halides is 6. The van der Waals surface area contributed by atoms with Gasteiger partial charge in [0.25, 0.3) is 5.54 Å². The molecule has 0 bridgehead atoms. The van der Waals surface area contributed by atoms with Gasteiger partial charge in [-0.1, -0.05) is 12.1 Å². The summed E-state index contributed by atoms with van der Waals surface area (Å²) in [7, 11) is 0. The Morgan fingerprint density at radius 1 is 1.09 bits per heavy atom. The van der Waals surface area contributed by atoms with E-state index in [1.807, 2.05) is 0 Å². The van der Waals surface area contributed by atoms with E-state index in [1.54, 1.807) is 0 Å². The Morgan fingerprint density at radius 3 is 1.96 bits per heavy atom. The number of alkyl carbamates (subject to hydrolysis) is 1. The fraction of sp³-hybridized carbons (Fsp3) is 0.308. The van der Waals surface area contributed by atoms with Crippen LogP contribution in [0.3, 0.4) is 0 Å². The van der Waals surface area contributed by atoms with Crippen LogP contribution in [0.4, 0.5) is 35.5 Å². The van der Waals surface area contributed by atoms with Crippen molar-refractivity contribution in [1.29, 1.82) is 0 Å². The van der Waals surface area contributed by atoms with E-state index in [0.717, 1.165) is 29.6 Å².